The number of benzene rings is 1. The van der Waals surface area contributed by atoms with Crippen molar-refractivity contribution >= 4 is 11.6 Å². The lowest BCUT2D eigenvalue weighted by atomic mass is 9.98. The average molecular weight is 305 g/mol. The molecule has 1 atom stereocenters. The van der Waals surface area contributed by atoms with Crippen LogP contribution in [0.15, 0.2) is 18.2 Å². The largest absolute Gasteiger partial charge is 0.434 e. The summed E-state index contributed by atoms with van der Waals surface area (Å²) in [6, 6.07) is 4.74. The van der Waals surface area contributed by atoms with Crippen molar-refractivity contribution in [2.24, 2.45) is 11.7 Å². The fourth-order valence-corrected chi connectivity index (χ4v) is 2.81. The fourth-order valence-electron chi connectivity index (χ4n) is 2.61. The number of piperidine rings is 1. The molecule has 0 amide bonds. The second-order valence-corrected chi connectivity index (χ2v) is 5.55. The van der Waals surface area contributed by atoms with Gasteiger partial charge in [0.05, 0.1) is 0 Å². The molecule has 1 aromatic carbocycles. The summed E-state index contributed by atoms with van der Waals surface area (Å²) < 4.78 is 29.4. The number of hydrogen-bond donors (Lipinski definition) is 1. The summed E-state index contributed by atoms with van der Waals surface area (Å²) in [4.78, 5) is 2.21. The molecular weight excluding hydrogens is 286 g/mol. The number of rotatable bonds is 5. The zero-order valence-electron chi connectivity index (χ0n) is 11.2. The van der Waals surface area contributed by atoms with E-state index in [4.69, 9.17) is 17.3 Å². The van der Waals surface area contributed by atoms with Crippen LogP contribution < -0.4 is 10.5 Å². The highest BCUT2D eigenvalue weighted by molar-refractivity contribution is 6.30. The monoisotopic (exact) mass is 304 g/mol. The summed E-state index contributed by atoms with van der Waals surface area (Å²) in [6.45, 7) is 0.216. The highest BCUT2D eigenvalue weighted by Gasteiger charge is 2.20. The molecule has 1 saturated heterocycles. The molecule has 1 aliphatic heterocycles. The second kappa shape index (κ2) is 7.20. The van der Waals surface area contributed by atoms with E-state index in [9.17, 15) is 8.78 Å². The number of hydrogen-bond acceptors (Lipinski definition) is 3. The van der Waals surface area contributed by atoms with Crippen molar-refractivity contribution in [2.45, 2.75) is 26.0 Å². The normalized spacial score (nSPS) is 20.4. The second-order valence-electron chi connectivity index (χ2n) is 5.11. The Kier molecular flexibility index (Phi) is 5.57. The van der Waals surface area contributed by atoms with Gasteiger partial charge in [-0.1, -0.05) is 11.6 Å². The minimum absolute atomic E-state index is 0.194. The lowest BCUT2D eigenvalue weighted by molar-refractivity contribution is -0.0508. The van der Waals surface area contributed by atoms with Crippen molar-refractivity contribution in [3.05, 3.63) is 28.8 Å². The molecule has 1 aromatic rings. The molecule has 0 bridgehead atoms. The zero-order valence-corrected chi connectivity index (χ0v) is 12.0. The Labute approximate surface area is 122 Å². The predicted octanol–water partition coefficient (Wildman–Crippen LogP) is 3.11. The van der Waals surface area contributed by atoms with Crippen molar-refractivity contribution in [1.29, 1.82) is 0 Å². The molecule has 0 aromatic heterocycles. The van der Waals surface area contributed by atoms with Crippen molar-refractivity contribution in [1.82, 2.24) is 4.90 Å². The van der Waals surface area contributed by atoms with Crippen LogP contribution in [-0.4, -0.2) is 31.1 Å². The molecule has 2 N–H and O–H groups in total. The Bertz CT molecular complexity index is 445. The van der Waals surface area contributed by atoms with Gasteiger partial charge in [0, 0.05) is 23.7 Å². The standard InChI is InChI=1S/C14H19ClF2N2O/c15-12-3-4-13(20-14(16)17)11(6-12)9-19-5-1-2-10(7-18)8-19/h3-4,6,10,14H,1-2,5,7-9,18H2. The van der Waals surface area contributed by atoms with Gasteiger partial charge in [0.1, 0.15) is 5.75 Å². The summed E-state index contributed by atoms with van der Waals surface area (Å²) >= 11 is 5.95. The minimum Gasteiger partial charge on any atom is -0.434 e. The lowest BCUT2D eigenvalue weighted by Crippen LogP contribution is -2.37. The van der Waals surface area contributed by atoms with Crippen LogP contribution in [0.1, 0.15) is 18.4 Å². The van der Waals surface area contributed by atoms with E-state index in [0.29, 0.717) is 29.6 Å². The van der Waals surface area contributed by atoms with E-state index in [1.807, 2.05) is 0 Å². The van der Waals surface area contributed by atoms with Crippen LogP contribution in [0, 0.1) is 5.92 Å². The molecule has 2 rings (SSSR count). The molecule has 6 heteroatoms. The highest BCUT2D eigenvalue weighted by Crippen LogP contribution is 2.27. The Balaban J connectivity index is 2.08. The number of halogens is 3. The van der Waals surface area contributed by atoms with Crippen molar-refractivity contribution in [3.63, 3.8) is 0 Å². The van der Waals surface area contributed by atoms with Crippen LogP contribution >= 0.6 is 11.6 Å². The van der Waals surface area contributed by atoms with Gasteiger partial charge in [0.25, 0.3) is 0 Å². The molecule has 1 heterocycles. The third kappa shape index (κ3) is 4.30. The first-order chi connectivity index (χ1) is 9.58. The number of ether oxygens (including phenoxy) is 1. The Morgan fingerprint density at radius 3 is 2.95 bits per heavy atom. The van der Waals surface area contributed by atoms with Gasteiger partial charge in [-0.2, -0.15) is 8.78 Å². The van der Waals surface area contributed by atoms with Crippen LogP contribution in [0.5, 0.6) is 5.75 Å². The Morgan fingerprint density at radius 2 is 2.25 bits per heavy atom. The SMILES string of the molecule is NCC1CCCN(Cc2cc(Cl)ccc2OC(F)F)C1. The Hall–Kier alpha value is -0.910. The quantitative estimate of drug-likeness (QED) is 0.908. The van der Waals surface area contributed by atoms with E-state index in [1.54, 1.807) is 12.1 Å². The van der Waals surface area contributed by atoms with Gasteiger partial charge in [0.15, 0.2) is 0 Å². The summed E-state index contributed by atoms with van der Waals surface area (Å²) in [5.74, 6) is 0.668. The molecule has 3 nitrogen and oxygen atoms in total. The summed E-state index contributed by atoms with van der Waals surface area (Å²) in [5.41, 5.74) is 6.40. The first kappa shape index (κ1) is 15.5. The van der Waals surface area contributed by atoms with E-state index in [0.717, 1.165) is 25.9 Å². The van der Waals surface area contributed by atoms with Gasteiger partial charge in [-0.25, -0.2) is 0 Å². The molecular formula is C14H19ClF2N2O. The van der Waals surface area contributed by atoms with Gasteiger partial charge in [-0.15, -0.1) is 0 Å². The number of alkyl halides is 2. The summed E-state index contributed by atoms with van der Waals surface area (Å²) in [5, 5.41) is 0.522. The van der Waals surface area contributed by atoms with Crippen LogP contribution in [0.25, 0.3) is 0 Å². The molecule has 1 fully saturated rings. The first-order valence-corrected chi connectivity index (χ1v) is 7.12. The number of nitrogens with two attached hydrogens (primary N) is 1. The molecule has 0 saturated carbocycles. The van der Waals surface area contributed by atoms with E-state index in [-0.39, 0.29) is 5.75 Å². The van der Waals surface area contributed by atoms with E-state index < -0.39 is 6.61 Å². The fraction of sp³-hybridized carbons (Fsp3) is 0.571. The smallest absolute Gasteiger partial charge is 0.387 e. The molecule has 0 aliphatic carbocycles. The van der Waals surface area contributed by atoms with Crippen LogP contribution in [0.3, 0.4) is 0 Å². The molecule has 112 valence electrons. The maximum Gasteiger partial charge on any atom is 0.387 e. The van der Waals surface area contributed by atoms with Gasteiger partial charge < -0.3 is 10.5 Å². The van der Waals surface area contributed by atoms with Gasteiger partial charge in [-0.05, 0) is 50.0 Å². The zero-order chi connectivity index (χ0) is 14.5. The molecule has 0 radical (unpaired) electrons. The minimum atomic E-state index is -2.83. The maximum atomic E-state index is 12.4. The third-order valence-electron chi connectivity index (χ3n) is 3.57. The van der Waals surface area contributed by atoms with Crippen LogP contribution in [0.4, 0.5) is 8.78 Å². The topological polar surface area (TPSA) is 38.5 Å². The van der Waals surface area contributed by atoms with E-state index in [1.165, 1.54) is 6.07 Å². The molecule has 1 aliphatic rings. The molecule has 1 unspecified atom stereocenters. The average Bonchev–Trinajstić information content (AvgIpc) is 2.42. The summed E-state index contributed by atoms with van der Waals surface area (Å²) in [7, 11) is 0. The van der Waals surface area contributed by atoms with Crippen molar-refractivity contribution in [3.8, 4) is 5.75 Å². The van der Waals surface area contributed by atoms with Gasteiger partial charge >= 0.3 is 6.61 Å². The number of nitrogens with zero attached hydrogens (tertiary/aromatic N) is 1. The van der Waals surface area contributed by atoms with E-state index >= 15 is 0 Å². The lowest BCUT2D eigenvalue weighted by Gasteiger charge is -2.32. The van der Waals surface area contributed by atoms with E-state index in [2.05, 4.69) is 9.64 Å². The van der Waals surface area contributed by atoms with Gasteiger partial charge in [0.2, 0.25) is 0 Å². The van der Waals surface area contributed by atoms with Crippen LogP contribution in [0.2, 0.25) is 5.02 Å². The summed E-state index contributed by atoms with van der Waals surface area (Å²) in [6.07, 6.45) is 2.20. The van der Waals surface area contributed by atoms with Crippen molar-refractivity contribution in [2.75, 3.05) is 19.6 Å². The number of likely N-dealkylation sites (tertiary alicyclic amines) is 1. The molecule has 0 spiro atoms. The first-order valence-electron chi connectivity index (χ1n) is 6.74. The predicted molar refractivity (Wildman–Crippen MR) is 75.1 cm³/mol. The maximum absolute atomic E-state index is 12.4. The van der Waals surface area contributed by atoms with Crippen molar-refractivity contribution < 1.29 is 13.5 Å². The Morgan fingerprint density at radius 1 is 1.45 bits per heavy atom. The third-order valence-corrected chi connectivity index (χ3v) is 3.80. The highest BCUT2D eigenvalue weighted by atomic mass is 35.5. The van der Waals surface area contributed by atoms with Gasteiger partial charge in [-0.3, -0.25) is 4.90 Å². The van der Waals surface area contributed by atoms with Crippen LogP contribution in [-0.2, 0) is 6.54 Å². The molecule has 20 heavy (non-hydrogen) atoms.